The van der Waals surface area contributed by atoms with Crippen LogP contribution >= 0.6 is 11.8 Å². The normalized spacial score (nSPS) is 11.2. The van der Waals surface area contributed by atoms with Crippen LogP contribution in [0.4, 0.5) is 13.2 Å². The molecule has 0 aliphatic heterocycles. The molecular formula is C27H26F3NO4S. The third kappa shape index (κ3) is 7.78. The second kappa shape index (κ2) is 12.5. The number of alkyl halides is 3. The Labute approximate surface area is 211 Å². The second-order valence-corrected chi connectivity index (χ2v) is 9.07. The second-order valence-electron chi connectivity index (χ2n) is 7.93. The number of amides is 1. The zero-order valence-corrected chi connectivity index (χ0v) is 20.4. The van der Waals surface area contributed by atoms with Crippen molar-refractivity contribution >= 4 is 23.6 Å². The highest BCUT2D eigenvalue weighted by molar-refractivity contribution is 7.99. The molecule has 36 heavy (non-hydrogen) atoms. The average Bonchev–Trinajstić information content (AvgIpc) is 2.86. The van der Waals surface area contributed by atoms with Crippen molar-refractivity contribution in [3.63, 3.8) is 0 Å². The van der Waals surface area contributed by atoms with Gasteiger partial charge in [-0.1, -0.05) is 36.4 Å². The summed E-state index contributed by atoms with van der Waals surface area (Å²) in [6.45, 7) is 2.20. The van der Waals surface area contributed by atoms with E-state index in [0.29, 0.717) is 23.6 Å². The summed E-state index contributed by atoms with van der Waals surface area (Å²) in [7, 11) is 0. The van der Waals surface area contributed by atoms with Gasteiger partial charge in [0.05, 0.1) is 11.1 Å². The quantitative estimate of drug-likeness (QED) is 0.308. The smallest absolute Gasteiger partial charge is 0.416 e. The Kier molecular flexibility index (Phi) is 9.41. The van der Waals surface area contributed by atoms with Gasteiger partial charge in [-0.15, -0.1) is 11.8 Å². The first kappa shape index (κ1) is 27.1. The number of halogens is 3. The maximum absolute atomic E-state index is 12.7. The predicted octanol–water partition coefficient (Wildman–Crippen LogP) is 6.17. The number of ether oxygens (including phenoxy) is 1. The molecule has 0 radical (unpaired) electrons. The Balaban J connectivity index is 1.47. The molecule has 0 spiro atoms. The van der Waals surface area contributed by atoms with E-state index in [1.54, 1.807) is 37.3 Å². The summed E-state index contributed by atoms with van der Waals surface area (Å²) in [4.78, 5) is 26.1. The van der Waals surface area contributed by atoms with Crippen LogP contribution in [-0.2, 0) is 23.9 Å². The van der Waals surface area contributed by atoms with E-state index in [1.807, 2.05) is 18.2 Å². The first-order valence-corrected chi connectivity index (χ1v) is 12.3. The summed E-state index contributed by atoms with van der Waals surface area (Å²) in [5.74, 6) is 0.0185. The maximum Gasteiger partial charge on any atom is 0.416 e. The zero-order valence-electron chi connectivity index (χ0n) is 19.6. The molecule has 0 bridgehead atoms. The summed E-state index contributed by atoms with van der Waals surface area (Å²) >= 11 is 1.48. The van der Waals surface area contributed by atoms with Gasteiger partial charge in [-0.05, 0) is 60.9 Å². The van der Waals surface area contributed by atoms with E-state index in [0.717, 1.165) is 29.0 Å². The van der Waals surface area contributed by atoms with Crippen molar-refractivity contribution in [2.45, 2.75) is 31.0 Å². The van der Waals surface area contributed by atoms with Gasteiger partial charge < -0.3 is 14.7 Å². The lowest BCUT2D eigenvalue weighted by atomic mass is 10.1. The van der Waals surface area contributed by atoms with Gasteiger partial charge in [0.25, 0.3) is 5.91 Å². The fourth-order valence-corrected chi connectivity index (χ4v) is 4.48. The molecular weight excluding hydrogens is 491 g/mol. The molecule has 3 rings (SSSR count). The number of carbonyl (C=O) groups excluding carboxylic acids is 1. The fraction of sp³-hybridized carbons (Fsp3) is 0.259. The SMILES string of the molecule is CCN(Cc1ccc(C(F)(F)F)cc1)C(=O)COc1ccc(CCSc2ccccc2C(=O)O)cc1. The van der Waals surface area contributed by atoms with Crippen molar-refractivity contribution in [3.8, 4) is 5.75 Å². The van der Waals surface area contributed by atoms with Crippen LogP contribution in [0.2, 0.25) is 0 Å². The number of carboxylic acid groups (broad SMARTS) is 1. The number of aromatic carboxylic acids is 1. The molecule has 0 unspecified atom stereocenters. The van der Waals surface area contributed by atoms with Crippen LogP contribution in [0.15, 0.2) is 77.7 Å². The van der Waals surface area contributed by atoms with Gasteiger partial charge in [-0.25, -0.2) is 4.79 Å². The topological polar surface area (TPSA) is 66.8 Å². The molecule has 3 aromatic rings. The van der Waals surface area contributed by atoms with Crippen molar-refractivity contribution in [3.05, 3.63) is 95.1 Å². The highest BCUT2D eigenvalue weighted by atomic mass is 32.2. The number of hydrogen-bond donors (Lipinski definition) is 1. The van der Waals surface area contributed by atoms with Gasteiger partial charge in [0.2, 0.25) is 0 Å². The van der Waals surface area contributed by atoms with E-state index in [2.05, 4.69) is 0 Å². The Morgan fingerprint density at radius 1 is 0.944 bits per heavy atom. The van der Waals surface area contributed by atoms with Crippen LogP contribution < -0.4 is 4.74 Å². The summed E-state index contributed by atoms with van der Waals surface area (Å²) in [6, 6.07) is 19.0. The number of rotatable bonds is 11. The molecule has 3 aromatic carbocycles. The largest absolute Gasteiger partial charge is 0.484 e. The monoisotopic (exact) mass is 517 g/mol. The number of benzene rings is 3. The summed E-state index contributed by atoms with van der Waals surface area (Å²) in [5.41, 5.74) is 1.21. The first-order chi connectivity index (χ1) is 17.2. The number of nitrogens with zero attached hydrogens (tertiary/aromatic N) is 1. The van der Waals surface area contributed by atoms with Crippen molar-refractivity contribution in [2.75, 3.05) is 18.9 Å². The van der Waals surface area contributed by atoms with Crippen LogP contribution in [0.3, 0.4) is 0 Å². The van der Waals surface area contributed by atoms with E-state index in [9.17, 15) is 27.9 Å². The fourth-order valence-electron chi connectivity index (χ4n) is 3.43. The molecule has 9 heteroatoms. The molecule has 1 amide bonds. The van der Waals surface area contributed by atoms with E-state index in [1.165, 1.54) is 28.8 Å². The third-order valence-electron chi connectivity index (χ3n) is 5.44. The van der Waals surface area contributed by atoms with E-state index >= 15 is 0 Å². The highest BCUT2D eigenvalue weighted by Crippen LogP contribution is 2.29. The molecule has 0 saturated heterocycles. The Morgan fingerprint density at radius 2 is 1.58 bits per heavy atom. The summed E-state index contributed by atoms with van der Waals surface area (Å²) in [6.07, 6.45) is -3.67. The van der Waals surface area contributed by atoms with Gasteiger partial charge in [0, 0.05) is 23.7 Å². The maximum atomic E-state index is 12.7. The Bertz CT molecular complexity index is 1160. The number of likely N-dealkylation sites (N-methyl/N-ethyl adjacent to an activating group) is 1. The first-order valence-electron chi connectivity index (χ1n) is 11.3. The molecule has 0 aromatic heterocycles. The minimum absolute atomic E-state index is 0.185. The van der Waals surface area contributed by atoms with Crippen LogP contribution in [0, 0.1) is 0 Å². The third-order valence-corrected chi connectivity index (χ3v) is 6.52. The molecule has 0 saturated carbocycles. The molecule has 190 valence electrons. The van der Waals surface area contributed by atoms with Crippen LogP contribution in [0.1, 0.15) is 34.0 Å². The predicted molar refractivity (Wildman–Crippen MR) is 132 cm³/mol. The lowest BCUT2D eigenvalue weighted by Crippen LogP contribution is -2.34. The van der Waals surface area contributed by atoms with E-state index in [4.69, 9.17) is 4.74 Å². The van der Waals surface area contributed by atoms with Crippen LogP contribution in [0.25, 0.3) is 0 Å². The Hall–Kier alpha value is -3.46. The molecule has 0 aliphatic rings. The van der Waals surface area contributed by atoms with Gasteiger partial charge in [-0.2, -0.15) is 13.2 Å². The van der Waals surface area contributed by atoms with Crippen molar-refractivity contribution in [1.82, 2.24) is 4.90 Å². The molecule has 0 fully saturated rings. The van der Waals surface area contributed by atoms with Crippen molar-refractivity contribution in [1.29, 1.82) is 0 Å². The number of carboxylic acids is 1. The lowest BCUT2D eigenvalue weighted by Gasteiger charge is -2.21. The van der Waals surface area contributed by atoms with Gasteiger partial charge in [0.1, 0.15) is 5.75 Å². The highest BCUT2D eigenvalue weighted by Gasteiger charge is 2.30. The standard InChI is InChI=1S/C27H26F3NO4S/c1-2-31(17-20-7-11-21(12-8-20)27(28,29)30)25(32)18-35-22-13-9-19(10-14-22)15-16-36-24-6-4-3-5-23(24)26(33)34/h3-14H,2,15-18H2,1H3,(H,33,34). The molecule has 0 heterocycles. The summed E-state index contributed by atoms with van der Waals surface area (Å²) in [5, 5.41) is 9.27. The average molecular weight is 518 g/mol. The Morgan fingerprint density at radius 3 is 2.19 bits per heavy atom. The van der Waals surface area contributed by atoms with Crippen LogP contribution in [0.5, 0.6) is 5.75 Å². The summed E-state index contributed by atoms with van der Waals surface area (Å²) < 4.78 is 43.8. The molecule has 1 N–H and O–H groups in total. The minimum atomic E-state index is -4.40. The van der Waals surface area contributed by atoms with Gasteiger partial charge in [0.15, 0.2) is 6.61 Å². The van der Waals surface area contributed by atoms with Crippen molar-refractivity contribution in [2.24, 2.45) is 0 Å². The molecule has 0 atom stereocenters. The number of thioether (sulfide) groups is 1. The van der Waals surface area contributed by atoms with Crippen molar-refractivity contribution < 1.29 is 32.6 Å². The van der Waals surface area contributed by atoms with Gasteiger partial charge in [-0.3, -0.25) is 4.79 Å². The number of aryl methyl sites for hydroxylation is 1. The van der Waals surface area contributed by atoms with Crippen LogP contribution in [-0.4, -0.2) is 40.8 Å². The minimum Gasteiger partial charge on any atom is -0.484 e. The number of carbonyl (C=O) groups is 2. The number of hydrogen-bond acceptors (Lipinski definition) is 4. The molecule has 5 nitrogen and oxygen atoms in total. The van der Waals surface area contributed by atoms with E-state index in [-0.39, 0.29) is 24.6 Å². The molecule has 0 aliphatic carbocycles. The zero-order chi connectivity index (χ0) is 26.1. The van der Waals surface area contributed by atoms with Gasteiger partial charge >= 0.3 is 12.1 Å². The van der Waals surface area contributed by atoms with E-state index < -0.39 is 17.7 Å². The lowest BCUT2D eigenvalue weighted by molar-refractivity contribution is -0.137.